The molecular weight excluding hydrogens is 408 g/mol. The topological polar surface area (TPSA) is 109 Å². The maximum Gasteiger partial charge on any atom is 0.397 e. The molecule has 5 atom stereocenters. The van der Waals surface area contributed by atoms with Crippen LogP contribution in [0.3, 0.4) is 0 Å². The van der Waals surface area contributed by atoms with E-state index in [1.54, 1.807) is 0 Å². The van der Waals surface area contributed by atoms with Gasteiger partial charge in [-0.05, 0) is 49.1 Å². The minimum atomic E-state index is -4.65. The molecule has 5 rings (SSSR count). The molecular formula is C21H26N2O6S. The number of esters is 1. The van der Waals surface area contributed by atoms with Crippen LogP contribution in [0.25, 0.3) is 10.9 Å². The number of rotatable bonds is 3. The van der Waals surface area contributed by atoms with E-state index in [1.165, 1.54) is 23.8 Å². The number of ether oxygens (including phenoxy) is 1. The summed E-state index contributed by atoms with van der Waals surface area (Å²) in [7, 11) is -3.34. The minimum absolute atomic E-state index is 0.0726. The van der Waals surface area contributed by atoms with Gasteiger partial charge in [0.2, 0.25) is 0 Å². The Balaban J connectivity index is 1.50. The van der Waals surface area contributed by atoms with Gasteiger partial charge in [-0.2, -0.15) is 8.42 Å². The van der Waals surface area contributed by atoms with Gasteiger partial charge in [0.15, 0.2) is 0 Å². The standard InChI is InChI=1S/C21H26N2O6S/c1-28-21(24)19-15-10-17-20-14(13-4-2-3-5-16(13)22-20)8-9-23(17)11-12(15)6-7-18(19)29-30(25,26)27/h2-5,12,15,17-19,22H,6-11H2,1H3,(H,25,26,27)/t12-,15-,17+,18-,19+/m1/s1. The van der Waals surface area contributed by atoms with Crippen LogP contribution in [0.2, 0.25) is 0 Å². The van der Waals surface area contributed by atoms with Gasteiger partial charge < -0.3 is 9.72 Å². The van der Waals surface area contributed by atoms with Gasteiger partial charge in [0, 0.05) is 29.7 Å². The number of hydrogen-bond acceptors (Lipinski definition) is 6. The molecule has 3 aliphatic rings. The zero-order valence-corrected chi connectivity index (χ0v) is 17.6. The number of piperidine rings is 1. The van der Waals surface area contributed by atoms with E-state index in [1.807, 2.05) is 12.1 Å². The summed E-state index contributed by atoms with van der Waals surface area (Å²) >= 11 is 0. The van der Waals surface area contributed by atoms with Gasteiger partial charge in [0.05, 0.1) is 25.2 Å². The number of nitrogens with zero attached hydrogens (tertiary/aromatic N) is 1. The number of carbonyl (C=O) groups excluding carboxylic acids is 1. The van der Waals surface area contributed by atoms with Gasteiger partial charge in [-0.25, -0.2) is 4.18 Å². The SMILES string of the molecule is COC(=O)[C@H]1[C@@H]2C[C@H]3c4[nH]c5ccccc5c4CCN3C[C@H]2CC[C@H]1OS(=O)(=O)O. The van der Waals surface area contributed by atoms with Gasteiger partial charge in [0.1, 0.15) is 0 Å². The zero-order valence-electron chi connectivity index (χ0n) is 16.8. The summed E-state index contributed by atoms with van der Waals surface area (Å²) in [5.41, 5.74) is 3.65. The molecule has 0 bridgehead atoms. The first-order chi connectivity index (χ1) is 14.4. The van der Waals surface area contributed by atoms with Crippen molar-refractivity contribution in [3.8, 4) is 0 Å². The molecule has 1 saturated carbocycles. The van der Waals surface area contributed by atoms with Crippen LogP contribution in [0, 0.1) is 17.8 Å². The Labute approximate surface area is 175 Å². The first kappa shape index (κ1) is 20.0. The lowest BCUT2D eigenvalue weighted by Gasteiger charge is -2.51. The van der Waals surface area contributed by atoms with Crippen LogP contribution >= 0.6 is 0 Å². The summed E-state index contributed by atoms with van der Waals surface area (Å²) in [5.74, 6) is -0.999. The summed E-state index contributed by atoms with van der Waals surface area (Å²) in [6, 6.07) is 8.42. The molecule has 1 aromatic carbocycles. The molecule has 0 unspecified atom stereocenters. The van der Waals surface area contributed by atoms with Crippen LogP contribution in [-0.2, 0) is 30.5 Å². The fourth-order valence-corrected chi connectivity index (χ4v) is 6.57. The number of para-hydroxylation sites is 1. The zero-order chi connectivity index (χ0) is 21.0. The molecule has 2 fully saturated rings. The summed E-state index contributed by atoms with van der Waals surface area (Å²) in [6.45, 7) is 1.83. The monoisotopic (exact) mass is 434 g/mol. The summed E-state index contributed by atoms with van der Waals surface area (Å²) in [6.07, 6.45) is 1.96. The minimum Gasteiger partial charge on any atom is -0.469 e. The van der Waals surface area contributed by atoms with Crippen LogP contribution < -0.4 is 0 Å². The van der Waals surface area contributed by atoms with Gasteiger partial charge in [-0.3, -0.25) is 14.2 Å². The van der Waals surface area contributed by atoms with Crippen LogP contribution in [0.5, 0.6) is 0 Å². The molecule has 2 N–H and O–H groups in total. The van der Waals surface area contributed by atoms with Crippen molar-refractivity contribution in [2.45, 2.75) is 37.8 Å². The number of aromatic nitrogens is 1. The number of H-pyrrole nitrogens is 1. The summed E-state index contributed by atoms with van der Waals surface area (Å²) in [5, 5.41) is 1.25. The highest BCUT2D eigenvalue weighted by Crippen LogP contribution is 2.50. The fourth-order valence-electron chi connectivity index (χ4n) is 6.05. The van der Waals surface area contributed by atoms with E-state index < -0.39 is 28.4 Å². The third kappa shape index (κ3) is 3.33. The van der Waals surface area contributed by atoms with Crippen molar-refractivity contribution in [1.29, 1.82) is 0 Å². The highest BCUT2D eigenvalue weighted by Gasteiger charge is 2.51. The van der Waals surface area contributed by atoms with Crippen molar-refractivity contribution in [3.63, 3.8) is 0 Å². The number of hydrogen-bond donors (Lipinski definition) is 2. The highest BCUT2D eigenvalue weighted by molar-refractivity contribution is 7.80. The van der Waals surface area contributed by atoms with Crippen molar-refractivity contribution >= 4 is 27.3 Å². The Hall–Kier alpha value is -1.94. The maximum absolute atomic E-state index is 12.7. The molecule has 9 heteroatoms. The summed E-state index contributed by atoms with van der Waals surface area (Å²) in [4.78, 5) is 18.7. The van der Waals surface area contributed by atoms with E-state index in [9.17, 15) is 17.8 Å². The Morgan fingerprint density at radius 2 is 2.07 bits per heavy atom. The highest BCUT2D eigenvalue weighted by atomic mass is 32.3. The second kappa shape index (κ2) is 7.33. The Morgan fingerprint density at radius 1 is 1.27 bits per heavy atom. The number of nitrogens with one attached hydrogen (secondary N) is 1. The van der Waals surface area contributed by atoms with E-state index in [0.717, 1.165) is 37.9 Å². The molecule has 30 heavy (non-hydrogen) atoms. The van der Waals surface area contributed by atoms with Crippen molar-refractivity contribution in [1.82, 2.24) is 9.88 Å². The van der Waals surface area contributed by atoms with Crippen molar-refractivity contribution in [2.24, 2.45) is 17.8 Å². The molecule has 0 spiro atoms. The Bertz CT molecular complexity index is 1080. The molecule has 0 amide bonds. The number of methoxy groups -OCH3 is 1. The lowest BCUT2D eigenvalue weighted by molar-refractivity contribution is -0.158. The van der Waals surface area contributed by atoms with Gasteiger partial charge in [0.25, 0.3) is 0 Å². The lowest BCUT2D eigenvalue weighted by Crippen LogP contribution is -2.54. The summed E-state index contributed by atoms with van der Waals surface area (Å²) < 4.78 is 41.9. The van der Waals surface area contributed by atoms with Crippen LogP contribution in [0.1, 0.15) is 36.6 Å². The normalized spacial score (nSPS) is 31.6. The van der Waals surface area contributed by atoms with Crippen LogP contribution in [0.4, 0.5) is 0 Å². The number of aromatic amines is 1. The lowest BCUT2D eigenvalue weighted by atomic mass is 9.65. The predicted octanol–water partition coefficient (Wildman–Crippen LogP) is 2.47. The van der Waals surface area contributed by atoms with E-state index >= 15 is 0 Å². The van der Waals surface area contributed by atoms with Gasteiger partial charge in [-0.15, -0.1) is 0 Å². The molecule has 2 aromatic rings. The van der Waals surface area contributed by atoms with Crippen LogP contribution in [0.15, 0.2) is 24.3 Å². The molecule has 1 saturated heterocycles. The van der Waals surface area contributed by atoms with Gasteiger partial charge >= 0.3 is 16.4 Å². The smallest absolute Gasteiger partial charge is 0.397 e. The first-order valence-corrected chi connectivity index (χ1v) is 11.8. The molecule has 1 aliphatic carbocycles. The Kier molecular flexibility index (Phi) is 4.89. The quantitative estimate of drug-likeness (QED) is 0.564. The Morgan fingerprint density at radius 3 is 2.83 bits per heavy atom. The predicted molar refractivity (Wildman–Crippen MR) is 109 cm³/mol. The van der Waals surface area contributed by atoms with Crippen molar-refractivity contribution in [3.05, 3.63) is 35.5 Å². The molecule has 0 radical (unpaired) electrons. The largest absolute Gasteiger partial charge is 0.469 e. The molecule has 162 valence electrons. The number of benzene rings is 1. The van der Waals surface area contributed by atoms with E-state index in [2.05, 4.69) is 22.0 Å². The van der Waals surface area contributed by atoms with Crippen molar-refractivity contribution in [2.75, 3.05) is 20.2 Å². The van der Waals surface area contributed by atoms with Gasteiger partial charge in [-0.1, -0.05) is 18.2 Å². The van der Waals surface area contributed by atoms with Crippen molar-refractivity contribution < 1.29 is 26.7 Å². The molecule has 2 aliphatic heterocycles. The second-order valence-electron chi connectivity index (χ2n) is 8.67. The third-order valence-electron chi connectivity index (χ3n) is 7.24. The van der Waals surface area contributed by atoms with E-state index in [0.29, 0.717) is 6.42 Å². The second-order valence-corrected chi connectivity index (χ2v) is 9.72. The third-order valence-corrected chi connectivity index (χ3v) is 7.73. The van der Waals surface area contributed by atoms with Crippen LogP contribution in [-0.4, -0.2) is 55.1 Å². The fraction of sp³-hybridized carbons (Fsp3) is 0.571. The average molecular weight is 435 g/mol. The van der Waals surface area contributed by atoms with E-state index in [4.69, 9.17) is 8.92 Å². The number of carbonyl (C=O) groups is 1. The maximum atomic E-state index is 12.7. The first-order valence-electron chi connectivity index (χ1n) is 10.4. The molecule has 1 aromatic heterocycles. The average Bonchev–Trinajstić information content (AvgIpc) is 3.10. The molecule has 8 nitrogen and oxygen atoms in total. The van der Waals surface area contributed by atoms with E-state index in [-0.39, 0.29) is 17.9 Å². The molecule has 3 heterocycles. The number of fused-ring (bicyclic) bond motifs is 6.